The van der Waals surface area contributed by atoms with Crippen molar-refractivity contribution in [2.45, 2.75) is 19.4 Å². The van der Waals surface area contributed by atoms with Crippen LogP contribution in [0.4, 0.5) is 4.39 Å². The van der Waals surface area contributed by atoms with Crippen molar-refractivity contribution in [1.29, 1.82) is 0 Å². The zero-order chi connectivity index (χ0) is 12.7. The number of carbonyl (C=O) groups excluding carboxylic acids is 1. The number of hydrogen-bond donors (Lipinski definition) is 0. The Hall–Kier alpha value is -1.75. The molecule has 18 heavy (non-hydrogen) atoms. The zero-order valence-corrected chi connectivity index (χ0v) is 10.5. The molecule has 0 radical (unpaired) electrons. The number of ketones is 1. The fourth-order valence-corrected chi connectivity index (χ4v) is 2.78. The summed E-state index contributed by atoms with van der Waals surface area (Å²) in [5.74, 6) is -0.129. The highest BCUT2D eigenvalue weighted by Crippen LogP contribution is 2.36. The van der Waals surface area contributed by atoms with Crippen molar-refractivity contribution in [1.82, 2.24) is 4.98 Å². The summed E-state index contributed by atoms with van der Waals surface area (Å²) >= 11 is 1.45. The first-order valence-corrected chi connectivity index (χ1v) is 6.43. The van der Waals surface area contributed by atoms with Crippen molar-refractivity contribution in [2.24, 2.45) is 0 Å². The number of aromatic nitrogens is 1. The van der Waals surface area contributed by atoms with Gasteiger partial charge in [-0.1, -0.05) is 0 Å². The number of carbonyl (C=O) groups is 1. The predicted octanol–water partition coefficient (Wildman–Crippen LogP) is 3.30. The van der Waals surface area contributed by atoms with E-state index in [0.717, 1.165) is 10.7 Å². The summed E-state index contributed by atoms with van der Waals surface area (Å²) in [6.45, 7) is 1.89. The molecular weight excluding hydrogens is 253 g/mol. The van der Waals surface area contributed by atoms with E-state index in [9.17, 15) is 9.18 Å². The molecule has 1 aromatic carbocycles. The first-order chi connectivity index (χ1) is 8.63. The van der Waals surface area contributed by atoms with Gasteiger partial charge in [0.2, 0.25) is 0 Å². The third kappa shape index (κ3) is 1.90. The Balaban J connectivity index is 1.98. The number of Topliss-reactive ketones (excluding diaryl/α,β-unsaturated/α-hetero) is 1. The molecule has 0 aliphatic carbocycles. The summed E-state index contributed by atoms with van der Waals surface area (Å²) in [4.78, 5) is 16.3. The Morgan fingerprint density at radius 1 is 1.50 bits per heavy atom. The van der Waals surface area contributed by atoms with Gasteiger partial charge in [0.1, 0.15) is 16.6 Å². The number of benzene rings is 1. The van der Waals surface area contributed by atoms with Crippen LogP contribution in [0, 0.1) is 12.7 Å². The Kier molecular flexibility index (Phi) is 2.63. The molecule has 0 amide bonds. The number of hydrogen-bond acceptors (Lipinski definition) is 4. The van der Waals surface area contributed by atoms with Gasteiger partial charge in [0, 0.05) is 17.1 Å². The van der Waals surface area contributed by atoms with E-state index in [1.807, 2.05) is 12.3 Å². The SMILES string of the molecule is Cc1csc(C2CC(=O)c3ccc(F)cc3O2)n1. The first-order valence-electron chi connectivity index (χ1n) is 5.55. The van der Waals surface area contributed by atoms with Gasteiger partial charge in [0.15, 0.2) is 11.9 Å². The summed E-state index contributed by atoms with van der Waals surface area (Å²) in [7, 11) is 0. The summed E-state index contributed by atoms with van der Waals surface area (Å²) in [5.41, 5.74) is 1.34. The second-order valence-corrected chi connectivity index (χ2v) is 5.09. The van der Waals surface area contributed by atoms with Crippen molar-refractivity contribution in [3.05, 3.63) is 45.7 Å². The number of thiazole rings is 1. The van der Waals surface area contributed by atoms with Crippen LogP contribution in [0.2, 0.25) is 0 Å². The summed E-state index contributed by atoms with van der Waals surface area (Å²) in [6, 6.07) is 3.99. The van der Waals surface area contributed by atoms with Gasteiger partial charge in [0.05, 0.1) is 12.0 Å². The van der Waals surface area contributed by atoms with Crippen molar-refractivity contribution >= 4 is 17.1 Å². The lowest BCUT2D eigenvalue weighted by molar-refractivity contribution is 0.0849. The van der Waals surface area contributed by atoms with Crippen LogP contribution >= 0.6 is 11.3 Å². The van der Waals surface area contributed by atoms with Crippen molar-refractivity contribution in [2.75, 3.05) is 0 Å². The Labute approximate surface area is 107 Å². The lowest BCUT2D eigenvalue weighted by Crippen LogP contribution is -2.20. The van der Waals surface area contributed by atoms with E-state index < -0.39 is 11.9 Å². The summed E-state index contributed by atoms with van der Waals surface area (Å²) in [6.07, 6.45) is -0.142. The van der Waals surface area contributed by atoms with Crippen molar-refractivity contribution in [3.8, 4) is 5.75 Å². The molecule has 3 nitrogen and oxygen atoms in total. The van der Waals surface area contributed by atoms with Gasteiger partial charge in [0.25, 0.3) is 0 Å². The Morgan fingerprint density at radius 3 is 3.06 bits per heavy atom. The van der Waals surface area contributed by atoms with Crippen LogP contribution in [0.5, 0.6) is 5.75 Å². The van der Waals surface area contributed by atoms with Gasteiger partial charge < -0.3 is 4.74 Å². The number of ether oxygens (including phenoxy) is 1. The number of fused-ring (bicyclic) bond motifs is 1. The van der Waals surface area contributed by atoms with Crippen LogP contribution in [0.25, 0.3) is 0 Å². The molecule has 0 fully saturated rings. The highest BCUT2D eigenvalue weighted by atomic mass is 32.1. The lowest BCUT2D eigenvalue weighted by Gasteiger charge is -2.23. The Morgan fingerprint density at radius 2 is 2.33 bits per heavy atom. The van der Waals surface area contributed by atoms with E-state index >= 15 is 0 Å². The number of rotatable bonds is 1. The van der Waals surface area contributed by atoms with Crippen LogP contribution in [0.3, 0.4) is 0 Å². The third-order valence-corrected chi connectivity index (χ3v) is 3.85. The molecule has 0 saturated carbocycles. The quantitative estimate of drug-likeness (QED) is 0.792. The molecule has 0 bridgehead atoms. The minimum absolute atomic E-state index is 0.0332. The lowest BCUT2D eigenvalue weighted by atomic mass is 10.0. The van der Waals surface area contributed by atoms with Crippen LogP contribution in [0.1, 0.15) is 33.6 Å². The van der Waals surface area contributed by atoms with Crippen LogP contribution in [-0.2, 0) is 0 Å². The molecule has 2 heterocycles. The maximum absolute atomic E-state index is 13.2. The van der Waals surface area contributed by atoms with Crippen LogP contribution in [0.15, 0.2) is 23.6 Å². The average molecular weight is 263 g/mol. The maximum atomic E-state index is 13.2. The van der Waals surface area contributed by atoms with Gasteiger partial charge in [-0.25, -0.2) is 9.37 Å². The van der Waals surface area contributed by atoms with Gasteiger partial charge in [-0.15, -0.1) is 11.3 Å². The molecule has 3 rings (SSSR count). The maximum Gasteiger partial charge on any atom is 0.170 e. The van der Waals surface area contributed by atoms with E-state index in [0.29, 0.717) is 11.3 Å². The Bertz CT molecular complexity index is 623. The van der Waals surface area contributed by atoms with Crippen LogP contribution in [-0.4, -0.2) is 10.8 Å². The molecule has 1 unspecified atom stereocenters. The van der Waals surface area contributed by atoms with E-state index in [2.05, 4.69) is 4.98 Å². The predicted molar refractivity (Wildman–Crippen MR) is 65.6 cm³/mol. The summed E-state index contributed by atoms with van der Waals surface area (Å²) in [5, 5.41) is 2.67. The van der Waals surface area contributed by atoms with Gasteiger partial charge in [-0.3, -0.25) is 4.79 Å². The van der Waals surface area contributed by atoms with Crippen molar-refractivity contribution < 1.29 is 13.9 Å². The van der Waals surface area contributed by atoms with E-state index in [4.69, 9.17) is 4.74 Å². The molecule has 2 aromatic rings. The van der Waals surface area contributed by atoms with E-state index in [1.54, 1.807) is 0 Å². The highest BCUT2D eigenvalue weighted by molar-refractivity contribution is 7.09. The second kappa shape index (κ2) is 4.17. The second-order valence-electron chi connectivity index (χ2n) is 4.20. The molecule has 1 aromatic heterocycles. The number of nitrogens with zero attached hydrogens (tertiary/aromatic N) is 1. The molecule has 1 atom stereocenters. The normalized spacial score (nSPS) is 18.3. The van der Waals surface area contributed by atoms with E-state index in [1.165, 1.54) is 29.5 Å². The molecule has 5 heteroatoms. The monoisotopic (exact) mass is 263 g/mol. The van der Waals surface area contributed by atoms with Crippen LogP contribution < -0.4 is 4.74 Å². The number of aryl methyl sites for hydroxylation is 1. The third-order valence-electron chi connectivity index (χ3n) is 2.80. The molecule has 1 aliphatic rings. The first kappa shape index (κ1) is 11.3. The van der Waals surface area contributed by atoms with Gasteiger partial charge >= 0.3 is 0 Å². The van der Waals surface area contributed by atoms with E-state index in [-0.39, 0.29) is 12.2 Å². The molecule has 1 aliphatic heterocycles. The number of halogens is 1. The van der Waals surface area contributed by atoms with Gasteiger partial charge in [-0.05, 0) is 19.1 Å². The van der Waals surface area contributed by atoms with Gasteiger partial charge in [-0.2, -0.15) is 0 Å². The molecular formula is C13H10FNO2S. The fraction of sp³-hybridized carbons (Fsp3) is 0.231. The molecule has 0 N–H and O–H groups in total. The minimum Gasteiger partial charge on any atom is -0.482 e. The minimum atomic E-state index is -0.405. The average Bonchev–Trinajstić information content (AvgIpc) is 2.75. The standard InChI is InChI=1S/C13H10FNO2S/c1-7-6-18-13(15-7)12-5-10(16)9-3-2-8(14)4-11(9)17-12/h2-4,6,12H,5H2,1H3. The highest BCUT2D eigenvalue weighted by Gasteiger charge is 2.29. The summed E-state index contributed by atoms with van der Waals surface area (Å²) < 4.78 is 18.8. The zero-order valence-electron chi connectivity index (χ0n) is 9.64. The fourth-order valence-electron chi connectivity index (χ4n) is 1.96. The molecule has 0 saturated heterocycles. The topological polar surface area (TPSA) is 39.2 Å². The largest absolute Gasteiger partial charge is 0.482 e. The molecule has 92 valence electrons. The smallest absolute Gasteiger partial charge is 0.170 e. The molecule has 0 spiro atoms. The van der Waals surface area contributed by atoms with Crippen molar-refractivity contribution in [3.63, 3.8) is 0 Å².